The zero-order chi connectivity index (χ0) is 21.6. The number of anilines is 1. The Morgan fingerprint density at radius 2 is 2.00 bits per heavy atom. The molecule has 0 radical (unpaired) electrons. The lowest BCUT2D eigenvalue weighted by Gasteiger charge is -2.17. The van der Waals surface area contributed by atoms with Gasteiger partial charge < -0.3 is 19.5 Å². The Hall–Kier alpha value is -3.17. The van der Waals surface area contributed by atoms with Crippen molar-refractivity contribution in [3.63, 3.8) is 0 Å². The molecule has 0 heterocycles. The van der Waals surface area contributed by atoms with Crippen molar-refractivity contribution in [1.29, 1.82) is 0 Å². The number of rotatable bonds is 9. The molecule has 158 valence electrons. The number of carbonyl (C=O) groups excluding carboxylic acids is 3. The number of ether oxygens (including phenoxy) is 3. The number of carbonyl (C=O) groups is 3. The summed E-state index contributed by atoms with van der Waals surface area (Å²) in [5, 5.41) is 13.4. The second-order valence-electron chi connectivity index (χ2n) is 6.91. The van der Waals surface area contributed by atoms with E-state index >= 15 is 0 Å². The first-order valence-electron chi connectivity index (χ1n) is 9.07. The number of Topliss-reactive ketones (excluding diaryl/α,β-unsaturated/α-hetero) is 1. The molecule has 10 heteroatoms. The normalized spacial score (nSPS) is 20.8. The monoisotopic (exact) mass is 408 g/mol. The quantitative estimate of drug-likeness (QED) is 0.371. The van der Waals surface area contributed by atoms with Crippen LogP contribution in [0.25, 0.3) is 0 Å². The Morgan fingerprint density at radius 1 is 1.28 bits per heavy atom. The molecule has 10 nitrogen and oxygen atoms in total. The summed E-state index contributed by atoms with van der Waals surface area (Å²) in [6, 6.07) is 4.83. The van der Waals surface area contributed by atoms with Gasteiger partial charge in [0.1, 0.15) is 17.3 Å². The molecular weight excluding hydrogens is 384 g/mol. The van der Waals surface area contributed by atoms with E-state index in [4.69, 9.17) is 14.2 Å². The fraction of sp³-hybridized carbons (Fsp3) is 0.526. The van der Waals surface area contributed by atoms with Crippen LogP contribution in [0.1, 0.15) is 19.8 Å². The minimum Gasteiger partial charge on any atom is -0.497 e. The maximum absolute atomic E-state index is 12.1. The first-order chi connectivity index (χ1) is 13.7. The summed E-state index contributed by atoms with van der Waals surface area (Å²) in [6.45, 7) is 0.822. The number of esters is 1. The minimum absolute atomic E-state index is 0.172. The van der Waals surface area contributed by atoms with Crippen LogP contribution in [-0.4, -0.2) is 50.0 Å². The third-order valence-electron chi connectivity index (χ3n) is 4.98. The molecule has 1 fully saturated rings. The number of nitrogens with zero attached hydrogens (tertiary/aromatic N) is 1. The van der Waals surface area contributed by atoms with E-state index in [0.717, 1.165) is 0 Å². The van der Waals surface area contributed by atoms with Gasteiger partial charge in [0.25, 0.3) is 5.91 Å². The Kier molecular flexibility index (Phi) is 7.52. The number of benzene rings is 1. The number of nitro groups is 1. The molecular formula is C19H24N2O8. The molecule has 0 bridgehead atoms. The highest BCUT2D eigenvalue weighted by Gasteiger charge is 2.44. The topological polar surface area (TPSA) is 134 Å². The van der Waals surface area contributed by atoms with Gasteiger partial charge in [0, 0.05) is 29.2 Å². The standard InChI is InChI=1S/C19H24N2O8/c1-11-6-16(22)13(14(11)9-21(25)26)8-19(24)29-10-18(23)20-15-7-12(27-2)4-5-17(15)28-3/h4-5,7,11,13-14H,6,8-10H2,1-3H3,(H,20,23)/t11-,13+,14+/m0/s1. The molecule has 0 unspecified atom stereocenters. The highest BCUT2D eigenvalue weighted by molar-refractivity contribution is 5.94. The van der Waals surface area contributed by atoms with Crippen LogP contribution in [0.2, 0.25) is 0 Å². The van der Waals surface area contributed by atoms with Crippen LogP contribution in [0.3, 0.4) is 0 Å². The third kappa shape index (κ3) is 5.90. The molecule has 1 saturated carbocycles. The van der Waals surface area contributed by atoms with Gasteiger partial charge in [-0.25, -0.2) is 0 Å². The number of hydrogen-bond donors (Lipinski definition) is 1. The molecule has 1 aromatic carbocycles. The molecule has 1 aliphatic carbocycles. The molecule has 0 aromatic heterocycles. The highest BCUT2D eigenvalue weighted by atomic mass is 16.6. The summed E-state index contributed by atoms with van der Waals surface area (Å²) < 4.78 is 15.2. The fourth-order valence-corrected chi connectivity index (χ4v) is 3.48. The number of ketones is 1. The lowest BCUT2D eigenvalue weighted by molar-refractivity contribution is -0.490. The molecule has 29 heavy (non-hydrogen) atoms. The van der Waals surface area contributed by atoms with Gasteiger partial charge in [-0.2, -0.15) is 0 Å². The summed E-state index contributed by atoms with van der Waals surface area (Å²) in [7, 11) is 2.92. The maximum Gasteiger partial charge on any atom is 0.307 e. The Morgan fingerprint density at radius 3 is 2.62 bits per heavy atom. The van der Waals surface area contributed by atoms with Crippen LogP contribution in [0.5, 0.6) is 11.5 Å². The lowest BCUT2D eigenvalue weighted by Crippen LogP contribution is -2.28. The minimum atomic E-state index is -0.760. The van der Waals surface area contributed by atoms with Crippen LogP contribution in [0.15, 0.2) is 18.2 Å². The van der Waals surface area contributed by atoms with Crippen molar-refractivity contribution in [2.75, 3.05) is 32.7 Å². The molecule has 0 spiro atoms. The van der Waals surface area contributed by atoms with Crippen molar-refractivity contribution in [2.24, 2.45) is 17.8 Å². The van der Waals surface area contributed by atoms with Crippen LogP contribution in [0, 0.1) is 27.9 Å². The number of methoxy groups -OCH3 is 2. The van der Waals surface area contributed by atoms with Gasteiger partial charge in [0.05, 0.1) is 26.3 Å². The number of amides is 1. The summed E-state index contributed by atoms with van der Waals surface area (Å²) in [5.41, 5.74) is 0.346. The summed E-state index contributed by atoms with van der Waals surface area (Å²) >= 11 is 0. The van der Waals surface area contributed by atoms with E-state index in [1.807, 2.05) is 0 Å². The molecule has 1 amide bonds. The summed E-state index contributed by atoms with van der Waals surface area (Å²) in [6.07, 6.45) is -0.0794. The lowest BCUT2D eigenvalue weighted by atomic mass is 9.88. The predicted octanol–water partition coefficient (Wildman–Crippen LogP) is 1.69. The molecule has 2 rings (SSSR count). The van der Waals surface area contributed by atoms with Crippen molar-refractivity contribution in [3.8, 4) is 11.5 Å². The average Bonchev–Trinajstić information content (AvgIpc) is 2.92. The van der Waals surface area contributed by atoms with Crippen LogP contribution < -0.4 is 14.8 Å². The molecule has 1 aromatic rings. The van der Waals surface area contributed by atoms with E-state index in [9.17, 15) is 24.5 Å². The number of hydrogen-bond acceptors (Lipinski definition) is 8. The second kappa shape index (κ2) is 9.85. The third-order valence-corrected chi connectivity index (χ3v) is 4.98. The van der Waals surface area contributed by atoms with Gasteiger partial charge in [-0.15, -0.1) is 0 Å². The Labute approximate surface area is 167 Å². The van der Waals surface area contributed by atoms with E-state index in [1.165, 1.54) is 14.2 Å². The van der Waals surface area contributed by atoms with Gasteiger partial charge in [-0.3, -0.25) is 24.5 Å². The zero-order valence-corrected chi connectivity index (χ0v) is 16.5. The van der Waals surface area contributed by atoms with Crippen LogP contribution in [0.4, 0.5) is 5.69 Å². The zero-order valence-electron chi connectivity index (χ0n) is 16.5. The van der Waals surface area contributed by atoms with Gasteiger partial charge in [0.2, 0.25) is 6.54 Å². The molecule has 1 aliphatic rings. The fourth-order valence-electron chi connectivity index (χ4n) is 3.48. The Bertz CT molecular complexity index is 794. The first-order valence-corrected chi connectivity index (χ1v) is 9.07. The van der Waals surface area contributed by atoms with E-state index in [-0.39, 0.29) is 31.1 Å². The van der Waals surface area contributed by atoms with E-state index in [2.05, 4.69) is 5.32 Å². The molecule has 0 saturated heterocycles. The van der Waals surface area contributed by atoms with Gasteiger partial charge >= 0.3 is 5.97 Å². The summed E-state index contributed by atoms with van der Waals surface area (Å²) in [4.78, 5) is 46.6. The predicted molar refractivity (Wildman–Crippen MR) is 101 cm³/mol. The SMILES string of the molecule is COc1ccc(OC)c(NC(=O)COC(=O)C[C@H]2C(=O)C[C@H](C)[C@H]2C[N+](=O)[O-])c1. The van der Waals surface area contributed by atoms with Crippen molar-refractivity contribution in [2.45, 2.75) is 19.8 Å². The average molecular weight is 408 g/mol. The molecule has 1 N–H and O–H groups in total. The maximum atomic E-state index is 12.1. The van der Waals surface area contributed by atoms with Crippen LogP contribution in [-0.2, 0) is 19.1 Å². The Balaban J connectivity index is 1.91. The van der Waals surface area contributed by atoms with Crippen LogP contribution >= 0.6 is 0 Å². The summed E-state index contributed by atoms with van der Waals surface area (Å²) in [5.74, 6) is -2.08. The van der Waals surface area contributed by atoms with E-state index in [0.29, 0.717) is 17.2 Å². The van der Waals surface area contributed by atoms with Crippen molar-refractivity contribution < 1.29 is 33.5 Å². The van der Waals surface area contributed by atoms with E-state index in [1.54, 1.807) is 25.1 Å². The smallest absolute Gasteiger partial charge is 0.307 e. The van der Waals surface area contributed by atoms with Gasteiger partial charge in [-0.1, -0.05) is 6.92 Å². The largest absolute Gasteiger partial charge is 0.497 e. The van der Waals surface area contributed by atoms with Gasteiger partial charge in [-0.05, 0) is 18.1 Å². The highest BCUT2D eigenvalue weighted by Crippen LogP contribution is 2.36. The van der Waals surface area contributed by atoms with E-state index < -0.39 is 35.2 Å². The number of nitrogens with one attached hydrogen (secondary N) is 1. The van der Waals surface area contributed by atoms with Gasteiger partial charge in [0.15, 0.2) is 6.61 Å². The second-order valence-corrected chi connectivity index (χ2v) is 6.91. The first kappa shape index (κ1) is 22.1. The van der Waals surface area contributed by atoms with Crippen molar-refractivity contribution in [1.82, 2.24) is 0 Å². The molecule has 0 aliphatic heterocycles. The van der Waals surface area contributed by atoms with Crippen molar-refractivity contribution in [3.05, 3.63) is 28.3 Å². The van der Waals surface area contributed by atoms with Crippen molar-refractivity contribution >= 4 is 23.3 Å². The molecule has 3 atom stereocenters.